The van der Waals surface area contributed by atoms with Gasteiger partial charge in [-0.2, -0.15) is 0 Å². The van der Waals surface area contributed by atoms with Gasteiger partial charge in [-0.15, -0.1) is 0 Å². The molecule has 18 heavy (non-hydrogen) atoms. The van der Waals surface area contributed by atoms with E-state index in [-0.39, 0.29) is 0 Å². The summed E-state index contributed by atoms with van der Waals surface area (Å²) >= 11 is 0. The maximum Gasteiger partial charge on any atom is 0.0594 e. The Bertz CT molecular complexity index is 224. The van der Waals surface area contributed by atoms with Crippen LogP contribution in [0.5, 0.6) is 0 Å². The number of morpholine rings is 1. The zero-order valence-electron chi connectivity index (χ0n) is 11.7. The maximum atomic E-state index is 5.76. The third-order valence-corrected chi connectivity index (χ3v) is 3.99. The highest BCUT2D eigenvalue weighted by Gasteiger charge is 2.34. The van der Waals surface area contributed by atoms with E-state index < -0.39 is 0 Å². The number of hydrogen-bond acceptors (Lipinski definition) is 4. The van der Waals surface area contributed by atoms with Crippen LogP contribution < -0.4 is 5.32 Å². The molecule has 0 aromatic rings. The maximum absolute atomic E-state index is 5.76. The Hall–Kier alpha value is -0.160. The Balaban J connectivity index is 1.85. The van der Waals surface area contributed by atoms with Crippen molar-refractivity contribution in [2.24, 2.45) is 5.41 Å². The number of hydrogen-bond donors (Lipinski definition) is 1. The zero-order valence-corrected chi connectivity index (χ0v) is 11.7. The highest BCUT2D eigenvalue weighted by atomic mass is 16.5. The summed E-state index contributed by atoms with van der Waals surface area (Å²) in [5, 5.41) is 3.60. The number of rotatable bonds is 6. The molecular formula is C14H28N2O2. The third-order valence-electron chi connectivity index (χ3n) is 3.99. The van der Waals surface area contributed by atoms with Gasteiger partial charge < -0.3 is 14.8 Å². The van der Waals surface area contributed by atoms with Gasteiger partial charge in [0, 0.05) is 38.2 Å². The Morgan fingerprint density at radius 1 is 1.17 bits per heavy atom. The molecule has 2 heterocycles. The largest absolute Gasteiger partial charge is 0.381 e. The molecule has 0 spiro atoms. The zero-order chi connectivity index (χ0) is 12.7. The minimum absolute atomic E-state index is 0.324. The first-order chi connectivity index (χ1) is 8.85. The molecule has 1 atom stereocenters. The fourth-order valence-electron chi connectivity index (χ4n) is 2.99. The summed E-state index contributed by atoms with van der Waals surface area (Å²) in [4.78, 5) is 2.55. The van der Waals surface area contributed by atoms with E-state index in [2.05, 4.69) is 17.1 Å². The van der Waals surface area contributed by atoms with E-state index in [1.165, 1.54) is 19.3 Å². The Labute approximate surface area is 111 Å². The molecular weight excluding hydrogens is 228 g/mol. The molecule has 1 unspecified atom stereocenters. The molecule has 0 aliphatic carbocycles. The average Bonchev–Trinajstić information content (AvgIpc) is 2.41. The fraction of sp³-hybridized carbons (Fsp3) is 1.00. The third kappa shape index (κ3) is 4.19. The second kappa shape index (κ2) is 7.43. The van der Waals surface area contributed by atoms with Crippen LogP contribution in [0.2, 0.25) is 0 Å². The lowest BCUT2D eigenvalue weighted by Gasteiger charge is -2.42. The molecule has 2 fully saturated rings. The lowest BCUT2D eigenvalue weighted by Crippen LogP contribution is -2.51. The highest BCUT2D eigenvalue weighted by molar-refractivity contribution is 4.87. The molecule has 0 bridgehead atoms. The normalized spacial score (nSPS) is 30.5. The molecule has 2 rings (SSSR count). The molecule has 4 nitrogen and oxygen atoms in total. The molecule has 106 valence electrons. The van der Waals surface area contributed by atoms with Gasteiger partial charge in [0.1, 0.15) is 0 Å². The fourth-order valence-corrected chi connectivity index (χ4v) is 2.99. The van der Waals surface area contributed by atoms with E-state index in [4.69, 9.17) is 9.47 Å². The van der Waals surface area contributed by atoms with Gasteiger partial charge in [-0.3, -0.25) is 4.90 Å². The van der Waals surface area contributed by atoms with Crippen LogP contribution in [0.3, 0.4) is 0 Å². The van der Waals surface area contributed by atoms with Crippen LogP contribution in [0.15, 0.2) is 0 Å². The first-order valence-corrected chi connectivity index (χ1v) is 7.43. The Morgan fingerprint density at radius 3 is 2.67 bits per heavy atom. The standard InChI is InChI=1S/C14H28N2O2/c1-2-5-15-11-14(4-3-8-18-13-14)12-16-6-9-17-10-7-16/h15H,2-13H2,1H3. The second-order valence-corrected chi connectivity index (χ2v) is 5.72. The Kier molecular flexibility index (Phi) is 5.89. The van der Waals surface area contributed by atoms with Gasteiger partial charge in [-0.1, -0.05) is 6.92 Å². The Morgan fingerprint density at radius 2 is 2.00 bits per heavy atom. The summed E-state index contributed by atoms with van der Waals surface area (Å²) in [5.41, 5.74) is 0.324. The minimum atomic E-state index is 0.324. The summed E-state index contributed by atoms with van der Waals surface area (Å²) < 4.78 is 11.2. The summed E-state index contributed by atoms with van der Waals surface area (Å²) in [5.74, 6) is 0. The number of nitrogens with one attached hydrogen (secondary N) is 1. The topological polar surface area (TPSA) is 33.7 Å². The predicted octanol–water partition coefficient (Wildman–Crippen LogP) is 1.12. The molecule has 2 aliphatic rings. The summed E-state index contributed by atoms with van der Waals surface area (Å²) in [6.45, 7) is 11.4. The second-order valence-electron chi connectivity index (χ2n) is 5.72. The first kappa shape index (κ1) is 14.3. The van der Waals surface area contributed by atoms with Crippen LogP contribution in [0.1, 0.15) is 26.2 Å². The van der Waals surface area contributed by atoms with Gasteiger partial charge in [0.2, 0.25) is 0 Å². The van der Waals surface area contributed by atoms with Crippen LogP contribution in [0.25, 0.3) is 0 Å². The van der Waals surface area contributed by atoms with E-state index in [1.807, 2.05) is 0 Å². The van der Waals surface area contributed by atoms with E-state index in [1.54, 1.807) is 0 Å². The van der Waals surface area contributed by atoms with Crippen molar-refractivity contribution in [1.82, 2.24) is 10.2 Å². The van der Waals surface area contributed by atoms with Crippen molar-refractivity contribution in [1.29, 1.82) is 0 Å². The average molecular weight is 256 g/mol. The quantitative estimate of drug-likeness (QED) is 0.722. The van der Waals surface area contributed by atoms with Gasteiger partial charge in [-0.25, -0.2) is 0 Å². The molecule has 0 aromatic heterocycles. The van der Waals surface area contributed by atoms with Gasteiger partial charge in [0.05, 0.1) is 19.8 Å². The summed E-state index contributed by atoms with van der Waals surface area (Å²) in [6, 6.07) is 0. The lowest BCUT2D eigenvalue weighted by atomic mass is 9.81. The van der Waals surface area contributed by atoms with Crippen LogP contribution in [-0.2, 0) is 9.47 Å². The van der Waals surface area contributed by atoms with E-state index in [9.17, 15) is 0 Å². The molecule has 4 heteroatoms. The van der Waals surface area contributed by atoms with Gasteiger partial charge >= 0.3 is 0 Å². The van der Waals surface area contributed by atoms with Crippen molar-refractivity contribution in [2.75, 3.05) is 59.2 Å². The van der Waals surface area contributed by atoms with Gasteiger partial charge in [0.25, 0.3) is 0 Å². The van der Waals surface area contributed by atoms with Crippen molar-refractivity contribution in [3.8, 4) is 0 Å². The minimum Gasteiger partial charge on any atom is -0.381 e. The van der Waals surface area contributed by atoms with Crippen molar-refractivity contribution < 1.29 is 9.47 Å². The van der Waals surface area contributed by atoms with Crippen molar-refractivity contribution in [2.45, 2.75) is 26.2 Å². The number of ether oxygens (including phenoxy) is 2. The molecule has 0 radical (unpaired) electrons. The van der Waals surface area contributed by atoms with Gasteiger partial charge in [-0.05, 0) is 25.8 Å². The van der Waals surface area contributed by atoms with E-state index in [0.29, 0.717) is 5.41 Å². The molecule has 0 aromatic carbocycles. The molecule has 2 saturated heterocycles. The highest BCUT2D eigenvalue weighted by Crippen LogP contribution is 2.29. The molecule has 0 saturated carbocycles. The van der Waals surface area contributed by atoms with Crippen LogP contribution >= 0.6 is 0 Å². The summed E-state index contributed by atoms with van der Waals surface area (Å²) in [6.07, 6.45) is 3.70. The lowest BCUT2D eigenvalue weighted by molar-refractivity contribution is -0.0451. The van der Waals surface area contributed by atoms with Gasteiger partial charge in [0.15, 0.2) is 0 Å². The van der Waals surface area contributed by atoms with Crippen molar-refractivity contribution in [3.63, 3.8) is 0 Å². The molecule has 0 amide bonds. The van der Waals surface area contributed by atoms with Crippen LogP contribution in [0, 0.1) is 5.41 Å². The molecule has 1 N–H and O–H groups in total. The first-order valence-electron chi connectivity index (χ1n) is 7.43. The van der Waals surface area contributed by atoms with Crippen LogP contribution in [0.4, 0.5) is 0 Å². The number of nitrogens with zero attached hydrogens (tertiary/aromatic N) is 1. The van der Waals surface area contributed by atoms with Crippen LogP contribution in [-0.4, -0.2) is 64.1 Å². The smallest absolute Gasteiger partial charge is 0.0594 e. The van der Waals surface area contributed by atoms with E-state index >= 15 is 0 Å². The predicted molar refractivity (Wildman–Crippen MR) is 72.9 cm³/mol. The monoisotopic (exact) mass is 256 g/mol. The SMILES string of the molecule is CCCNCC1(CN2CCOCC2)CCCOC1. The molecule has 2 aliphatic heterocycles. The van der Waals surface area contributed by atoms with E-state index in [0.717, 1.165) is 59.2 Å². The summed E-state index contributed by atoms with van der Waals surface area (Å²) in [7, 11) is 0. The van der Waals surface area contributed by atoms with Crippen molar-refractivity contribution >= 4 is 0 Å². The van der Waals surface area contributed by atoms with Crippen molar-refractivity contribution in [3.05, 3.63) is 0 Å².